The van der Waals surface area contributed by atoms with E-state index in [1.165, 1.54) is 25.7 Å². The van der Waals surface area contributed by atoms with Crippen LogP contribution >= 0.6 is 0 Å². The van der Waals surface area contributed by atoms with Gasteiger partial charge < -0.3 is 5.73 Å². The van der Waals surface area contributed by atoms with Gasteiger partial charge in [-0.15, -0.1) is 0 Å². The van der Waals surface area contributed by atoms with Gasteiger partial charge in [-0.2, -0.15) is 0 Å². The number of fused-ring (bicyclic) bond motifs is 2. The molecule has 13 heavy (non-hydrogen) atoms. The number of hydrogen-bond donors (Lipinski definition) is 1. The minimum atomic E-state index is 0.576. The van der Waals surface area contributed by atoms with Crippen molar-refractivity contribution in [2.75, 3.05) is 6.54 Å². The molecule has 76 valence electrons. The quantitative estimate of drug-likeness (QED) is 0.696. The van der Waals surface area contributed by atoms with Crippen LogP contribution in [0.4, 0.5) is 0 Å². The lowest BCUT2D eigenvalue weighted by atomic mass is 9.66. The van der Waals surface area contributed by atoms with Crippen molar-refractivity contribution in [2.45, 2.75) is 46.5 Å². The van der Waals surface area contributed by atoms with Crippen LogP contribution in [0.15, 0.2) is 0 Å². The van der Waals surface area contributed by atoms with Gasteiger partial charge in [-0.25, -0.2) is 0 Å². The maximum atomic E-state index is 5.69. The highest BCUT2D eigenvalue weighted by Crippen LogP contribution is 2.68. The molecule has 2 fully saturated rings. The van der Waals surface area contributed by atoms with E-state index in [-0.39, 0.29) is 0 Å². The summed E-state index contributed by atoms with van der Waals surface area (Å²) in [5, 5.41) is 0. The first-order valence-corrected chi connectivity index (χ1v) is 5.72. The van der Waals surface area contributed by atoms with Gasteiger partial charge in [-0.05, 0) is 54.9 Å². The molecule has 2 aliphatic carbocycles. The van der Waals surface area contributed by atoms with Crippen molar-refractivity contribution >= 4 is 0 Å². The average Bonchev–Trinajstić information content (AvgIpc) is 2.37. The Bertz CT molecular complexity index is 209. The molecule has 1 nitrogen and oxygen atoms in total. The van der Waals surface area contributed by atoms with E-state index in [1.54, 1.807) is 0 Å². The van der Waals surface area contributed by atoms with Gasteiger partial charge in [-0.3, -0.25) is 0 Å². The van der Waals surface area contributed by atoms with Gasteiger partial charge in [0.1, 0.15) is 0 Å². The van der Waals surface area contributed by atoms with Crippen LogP contribution in [0.3, 0.4) is 0 Å². The average molecular weight is 181 g/mol. The third kappa shape index (κ3) is 1.03. The molecule has 2 saturated carbocycles. The number of nitrogens with two attached hydrogens (primary N) is 1. The van der Waals surface area contributed by atoms with E-state index in [0.29, 0.717) is 10.8 Å². The normalized spacial score (nSPS) is 47.1. The minimum absolute atomic E-state index is 0.576. The summed E-state index contributed by atoms with van der Waals surface area (Å²) in [4.78, 5) is 0. The topological polar surface area (TPSA) is 26.0 Å². The lowest BCUT2D eigenvalue weighted by Crippen LogP contribution is -2.33. The van der Waals surface area contributed by atoms with E-state index in [4.69, 9.17) is 5.73 Å². The monoisotopic (exact) mass is 181 g/mol. The Morgan fingerprint density at radius 2 is 2.00 bits per heavy atom. The van der Waals surface area contributed by atoms with Gasteiger partial charge in [0.2, 0.25) is 0 Å². The van der Waals surface area contributed by atoms with Crippen molar-refractivity contribution in [3.63, 3.8) is 0 Å². The summed E-state index contributed by atoms with van der Waals surface area (Å²) in [6, 6.07) is 0. The Hall–Kier alpha value is -0.0400. The van der Waals surface area contributed by atoms with Crippen LogP contribution in [0.2, 0.25) is 0 Å². The van der Waals surface area contributed by atoms with Gasteiger partial charge in [0.25, 0.3) is 0 Å². The Morgan fingerprint density at radius 1 is 1.31 bits per heavy atom. The first-order chi connectivity index (χ1) is 6.02. The summed E-state index contributed by atoms with van der Waals surface area (Å²) in [5.41, 5.74) is 6.86. The molecular formula is C12H23N. The molecule has 3 atom stereocenters. The fourth-order valence-corrected chi connectivity index (χ4v) is 4.01. The SMILES string of the molecule is CC1(C)[C@H]2CC[C@]1(C)[C@@H](CCN)C2. The van der Waals surface area contributed by atoms with Crippen molar-refractivity contribution in [1.29, 1.82) is 0 Å². The standard InChI is InChI=1S/C12H23N/c1-11(2)9-4-6-12(11,3)10(8-9)5-7-13/h9-10H,4-8,13H2,1-3H3/t9-,10-,12+/m0/s1. The molecule has 2 rings (SSSR count). The molecule has 0 aliphatic heterocycles. The van der Waals surface area contributed by atoms with Gasteiger partial charge in [0.05, 0.1) is 0 Å². The van der Waals surface area contributed by atoms with Crippen LogP contribution in [0.1, 0.15) is 46.5 Å². The lowest BCUT2D eigenvalue weighted by molar-refractivity contribution is 0.0991. The number of hydrogen-bond acceptors (Lipinski definition) is 1. The van der Waals surface area contributed by atoms with Gasteiger partial charge in [-0.1, -0.05) is 20.8 Å². The van der Waals surface area contributed by atoms with Crippen molar-refractivity contribution in [3.8, 4) is 0 Å². The smallest absolute Gasteiger partial charge is 0.00744 e. The summed E-state index contributed by atoms with van der Waals surface area (Å²) < 4.78 is 0. The van der Waals surface area contributed by atoms with Crippen LogP contribution < -0.4 is 5.73 Å². The van der Waals surface area contributed by atoms with Crippen LogP contribution in [-0.2, 0) is 0 Å². The molecule has 2 aliphatic rings. The summed E-state index contributed by atoms with van der Waals surface area (Å²) in [7, 11) is 0. The summed E-state index contributed by atoms with van der Waals surface area (Å²) in [6.45, 7) is 8.33. The Kier molecular flexibility index (Phi) is 1.99. The minimum Gasteiger partial charge on any atom is -0.330 e. The summed E-state index contributed by atoms with van der Waals surface area (Å²) in [5.74, 6) is 1.89. The Balaban J connectivity index is 2.22. The Morgan fingerprint density at radius 3 is 2.38 bits per heavy atom. The first-order valence-electron chi connectivity index (χ1n) is 5.72. The van der Waals surface area contributed by atoms with Gasteiger partial charge >= 0.3 is 0 Å². The van der Waals surface area contributed by atoms with Crippen LogP contribution in [0, 0.1) is 22.7 Å². The molecule has 0 spiro atoms. The van der Waals surface area contributed by atoms with Crippen molar-refractivity contribution in [2.24, 2.45) is 28.4 Å². The van der Waals surface area contributed by atoms with E-state index >= 15 is 0 Å². The molecule has 0 amide bonds. The van der Waals surface area contributed by atoms with Gasteiger partial charge in [0.15, 0.2) is 0 Å². The zero-order valence-corrected chi connectivity index (χ0v) is 9.27. The van der Waals surface area contributed by atoms with Crippen LogP contribution in [0.5, 0.6) is 0 Å². The van der Waals surface area contributed by atoms with E-state index < -0.39 is 0 Å². The molecule has 0 radical (unpaired) electrons. The van der Waals surface area contributed by atoms with Gasteiger partial charge in [0, 0.05) is 0 Å². The molecule has 0 aromatic rings. The molecule has 0 saturated heterocycles. The molecule has 0 aromatic heterocycles. The van der Waals surface area contributed by atoms with Crippen LogP contribution in [0.25, 0.3) is 0 Å². The van der Waals surface area contributed by atoms with Crippen LogP contribution in [-0.4, -0.2) is 6.54 Å². The van der Waals surface area contributed by atoms with E-state index in [9.17, 15) is 0 Å². The Labute approximate surface area is 82.1 Å². The molecule has 0 heterocycles. The highest BCUT2D eigenvalue weighted by molar-refractivity contribution is 5.09. The van der Waals surface area contributed by atoms with E-state index in [2.05, 4.69) is 20.8 Å². The third-order valence-corrected chi connectivity index (χ3v) is 5.49. The molecule has 0 aromatic carbocycles. The zero-order valence-electron chi connectivity index (χ0n) is 9.27. The maximum absolute atomic E-state index is 5.69. The predicted molar refractivity (Wildman–Crippen MR) is 56.4 cm³/mol. The second kappa shape index (κ2) is 2.73. The molecule has 2 N–H and O–H groups in total. The zero-order chi connectivity index (χ0) is 9.69. The molecule has 1 heteroatoms. The first kappa shape index (κ1) is 9.51. The number of rotatable bonds is 2. The highest BCUT2D eigenvalue weighted by atomic mass is 14.7. The molecule has 2 bridgehead atoms. The second-order valence-electron chi connectivity index (χ2n) is 5.88. The van der Waals surface area contributed by atoms with Crippen molar-refractivity contribution in [3.05, 3.63) is 0 Å². The second-order valence-corrected chi connectivity index (χ2v) is 5.88. The lowest BCUT2D eigenvalue weighted by Gasteiger charge is -2.39. The fourth-order valence-electron chi connectivity index (χ4n) is 4.01. The maximum Gasteiger partial charge on any atom is -0.00744 e. The summed E-state index contributed by atoms with van der Waals surface area (Å²) in [6.07, 6.45) is 5.59. The summed E-state index contributed by atoms with van der Waals surface area (Å²) >= 11 is 0. The predicted octanol–water partition coefficient (Wildman–Crippen LogP) is 2.80. The fraction of sp³-hybridized carbons (Fsp3) is 1.00. The molecule has 0 unspecified atom stereocenters. The van der Waals surface area contributed by atoms with E-state index in [1.807, 2.05) is 0 Å². The highest BCUT2D eigenvalue weighted by Gasteiger charge is 2.60. The third-order valence-electron chi connectivity index (χ3n) is 5.49. The molecular weight excluding hydrogens is 158 g/mol. The van der Waals surface area contributed by atoms with Crippen molar-refractivity contribution in [1.82, 2.24) is 0 Å². The largest absolute Gasteiger partial charge is 0.330 e. The van der Waals surface area contributed by atoms with Crippen molar-refractivity contribution < 1.29 is 0 Å². The van der Waals surface area contributed by atoms with E-state index in [0.717, 1.165) is 18.4 Å².